The maximum atomic E-state index is 14.5. The highest BCUT2D eigenvalue weighted by Gasteiger charge is 2.66. The molecule has 0 aromatic carbocycles. The number of unbranched alkanes of at least 4 members (excludes halogenated alkanes) is 4. The molecule has 0 heterocycles. The number of fused-ring (bicyclic) bond motifs is 1. The fraction of sp³-hybridized carbons (Fsp3) is 0.767. The summed E-state index contributed by atoms with van der Waals surface area (Å²) < 4.78 is 12.0. The third-order valence-electron chi connectivity index (χ3n) is 9.46. The van der Waals surface area contributed by atoms with Gasteiger partial charge in [0.1, 0.15) is 11.7 Å². The average Bonchev–Trinajstić information content (AvgIpc) is 2.96. The van der Waals surface area contributed by atoms with Crippen molar-refractivity contribution < 1.29 is 29.0 Å². The zero-order chi connectivity index (χ0) is 26.9. The van der Waals surface area contributed by atoms with Gasteiger partial charge in [-0.2, -0.15) is 0 Å². The molecule has 1 saturated carbocycles. The van der Waals surface area contributed by atoms with Crippen molar-refractivity contribution in [3.8, 4) is 0 Å². The second-order valence-electron chi connectivity index (χ2n) is 12.2. The number of aliphatic hydroxyl groups is 1. The van der Waals surface area contributed by atoms with Crippen LogP contribution < -0.4 is 0 Å². The molecule has 36 heavy (non-hydrogen) atoms. The maximum absolute atomic E-state index is 14.5. The standard InChI is InChI=1S/C30H46O6/c1-8-9-10-11-12-13-25(33)36-29(7)17-20(3)30-16-19(2)26(35-21(4)32)23(30)14-22(18-31)15-24(27(30)34)28(29,5)6/h15-16,20,23-24,26,31H,8-14,17-18H2,1-7H3/t20?,23?,24?,26?,29-,30?/m1/s1. The van der Waals surface area contributed by atoms with Gasteiger partial charge >= 0.3 is 11.9 Å². The Balaban J connectivity index is 2.00. The van der Waals surface area contributed by atoms with Gasteiger partial charge in [0.25, 0.3) is 0 Å². The largest absolute Gasteiger partial charge is 0.459 e. The molecule has 6 nitrogen and oxygen atoms in total. The Hall–Kier alpha value is -1.95. The molecular weight excluding hydrogens is 456 g/mol. The Labute approximate surface area is 216 Å². The zero-order valence-electron chi connectivity index (χ0n) is 23.3. The van der Waals surface area contributed by atoms with E-state index in [0.717, 1.165) is 36.8 Å². The van der Waals surface area contributed by atoms with Gasteiger partial charge in [0.15, 0.2) is 5.78 Å². The van der Waals surface area contributed by atoms with Gasteiger partial charge in [-0.1, -0.05) is 65.5 Å². The van der Waals surface area contributed by atoms with Crippen molar-refractivity contribution in [1.29, 1.82) is 0 Å². The lowest BCUT2D eigenvalue weighted by Gasteiger charge is -2.46. The van der Waals surface area contributed by atoms with Gasteiger partial charge in [0, 0.05) is 30.6 Å². The van der Waals surface area contributed by atoms with Crippen molar-refractivity contribution in [3.05, 3.63) is 23.3 Å². The molecule has 0 aliphatic heterocycles. The van der Waals surface area contributed by atoms with Crippen LogP contribution in [0.15, 0.2) is 23.3 Å². The summed E-state index contributed by atoms with van der Waals surface area (Å²) in [7, 11) is 0. The summed E-state index contributed by atoms with van der Waals surface area (Å²) in [6.45, 7) is 13.4. The van der Waals surface area contributed by atoms with Gasteiger partial charge in [-0.15, -0.1) is 0 Å². The normalized spacial score (nSPS) is 35.2. The first-order valence-corrected chi connectivity index (χ1v) is 13.8. The minimum atomic E-state index is -0.878. The minimum Gasteiger partial charge on any atom is -0.459 e. The molecule has 0 aromatic rings. The number of rotatable bonds is 9. The first-order valence-electron chi connectivity index (χ1n) is 13.8. The van der Waals surface area contributed by atoms with Crippen LogP contribution in [0.25, 0.3) is 0 Å². The SMILES string of the molecule is CCCCCCCC(=O)O[C@]1(C)CC(C)C23C=C(C)C(OC(C)=O)C2CC(CO)=CC(C3=O)C1(C)C. The number of ketones is 1. The van der Waals surface area contributed by atoms with Gasteiger partial charge in [-0.25, -0.2) is 0 Å². The Morgan fingerprint density at radius 2 is 1.81 bits per heavy atom. The van der Waals surface area contributed by atoms with Gasteiger partial charge in [0.05, 0.1) is 12.0 Å². The summed E-state index contributed by atoms with van der Waals surface area (Å²) in [4.78, 5) is 39.5. The average molecular weight is 503 g/mol. The van der Waals surface area contributed by atoms with E-state index in [1.807, 2.05) is 39.8 Å². The predicted molar refractivity (Wildman–Crippen MR) is 139 cm³/mol. The molecule has 0 radical (unpaired) electrons. The predicted octanol–water partition coefficient (Wildman–Crippen LogP) is 5.72. The summed E-state index contributed by atoms with van der Waals surface area (Å²) in [6, 6.07) is 0. The van der Waals surface area contributed by atoms with E-state index in [4.69, 9.17) is 9.47 Å². The van der Waals surface area contributed by atoms with E-state index in [1.54, 1.807) is 0 Å². The van der Waals surface area contributed by atoms with E-state index in [-0.39, 0.29) is 36.2 Å². The third-order valence-corrected chi connectivity index (χ3v) is 9.46. The van der Waals surface area contributed by atoms with Crippen molar-refractivity contribution in [3.63, 3.8) is 0 Å². The first-order chi connectivity index (χ1) is 16.8. The number of carbonyl (C=O) groups excluding carboxylic acids is 3. The smallest absolute Gasteiger partial charge is 0.306 e. The van der Waals surface area contributed by atoms with Crippen molar-refractivity contribution in [1.82, 2.24) is 0 Å². The topological polar surface area (TPSA) is 89.9 Å². The van der Waals surface area contributed by atoms with Crippen molar-refractivity contribution >= 4 is 17.7 Å². The van der Waals surface area contributed by atoms with E-state index < -0.39 is 28.5 Å². The summed E-state index contributed by atoms with van der Waals surface area (Å²) in [5, 5.41) is 10.2. The maximum Gasteiger partial charge on any atom is 0.306 e. The van der Waals surface area contributed by atoms with Gasteiger partial charge < -0.3 is 14.6 Å². The van der Waals surface area contributed by atoms with Crippen LogP contribution in [0.3, 0.4) is 0 Å². The van der Waals surface area contributed by atoms with E-state index in [2.05, 4.69) is 13.8 Å². The summed E-state index contributed by atoms with van der Waals surface area (Å²) in [6.07, 6.45) is 10.1. The molecule has 202 valence electrons. The highest BCUT2D eigenvalue weighted by atomic mass is 16.6. The molecule has 3 aliphatic rings. The molecule has 5 unspecified atom stereocenters. The Bertz CT molecular complexity index is 930. The molecule has 6 atom stereocenters. The van der Waals surface area contributed by atoms with Crippen LogP contribution in [0, 0.1) is 28.6 Å². The number of ether oxygens (including phenoxy) is 2. The monoisotopic (exact) mass is 502 g/mol. The summed E-state index contributed by atoms with van der Waals surface area (Å²) >= 11 is 0. The Morgan fingerprint density at radius 3 is 2.42 bits per heavy atom. The highest BCUT2D eigenvalue weighted by molar-refractivity contribution is 5.94. The highest BCUT2D eigenvalue weighted by Crippen LogP contribution is 2.62. The van der Waals surface area contributed by atoms with Crippen LogP contribution in [0.1, 0.15) is 99.8 Å². The molecule has 1 fully saturated rings. The van der Waals surface area contributed by atoms with E-state index >= 15 is 0 Å². The quantitative estimate of drug-likeness (QED) is 0.246. The molecule has 1 N–H and O–H groups in total. The van der Waals surface area contributed by atoms with Gasteiger partial charge in [-0.3, -0.25) is 14.4 Å². The number of hydrogen-bond acceptors (Lipinski definition) is 6. The fourth-order valence-corrected chi connectivity index (χ4v) is 7.05. The van der Waals surface area contributed by atoms with Crippen molar-refractivity contribution in [2.24, 2.45) is 28.6 Å². The number of hydrogen-bond donors (Lipinski definition) is 1. The van der Waals surface area contributed by atoms with Crippen LogP contribution in [-0.2, 0) is 23.9 Å². The van der Waals surface area contributed by atoms with Crippen LogP contribution in [0.4, 0.5) is 0 Å². The molecular formula is C30H46O6. The van der Waals surface area contributed by atoms with Crippen LogP contribution in [0.5, 0.6) is 0 Å². The van der Waals surface area contributed by atoms with Crippen molar-refractivity contribution in [2.45, 2.75) is 112 Å². The lowest BCUT2D eigenvalue weighted by Crippen LogP contribution is -2.50. The van der Waals surface area contributed by atoms with Crippen molar-refractivity contribution in [2.75, 3.05) is 6.61 Å². The number of allylic oxidation sites excluding steroid dienone is 2. The van der Waals surface area contributed by atoms with Gasteiger partial charge in [-0.05, 0) is 50.2 Å². The number of carbonyl (C=O) groups is 3. The van der Waals surface area contributed by atoms with Crippen LogP contribution in [-0.4, -0.2) is 41.1 Å². The van der Waals surface area contributed by atoms with E-state index in [0.29, 0.717) is 19.3 Å². The summed E-state index contributed by atoms with van der Waals surface area (Å²) in [5.74, 6) is -1.51. The molecule has 0 amide bonds. The molecule has 3 rings (SSSR count). The number of aliphatic hydroxyl groups excluding tert-OH is 1. The Kier molecular flexibility index (Phi) is 8.59. The lowest BCUT2D eigenvalue weighted by atomic mass is 9.63. The third kappa shape index (κ3) is 4.94. The number of Topliss-reactive ketones (excluding diaryl/α,β-unsaturated/α-hetero) is 1. The van der Waals surface area contributed by atoms with Gasteiger partial charge in [0.2, 0.25) is 0 Å². The lowest BCUT2D eigenvalue weighted by molar-refractivity contribution is -0.178. The molecule has 0 aromatic heterocycles. The molecule has 3 aliphatic carbocycles. The van der Waals surface area contributed by atoms with Crippen LogP contribution in [0.2, 0.25) is 0 Å². The second kappa shape index (κ2) is 10.8. The molecule has 2 bridgehead atoms. The molecule has 6 heteroatoms. The number of esters is 2. The molecule has 0 saturated heterocycles. The van der Waals surface area contributed by atoms with Crippen LogP contribution >= 0.6 is 0 Å². The first kappa shape index (κ1) is 28.6. The summed E-state index contributed by atoms with van der Waals surface area (Å²) in [5.41, 5.74) is -0.789. The second-order valence-corrected chi connectivity index (χ2v) is 12.2. The Morgan fingerprint density at radius 1 is 1.14 bits per heavy atom. The minimum absolute atomic E-state index is 0.0711. The zero-order valence-corrected chi connectivity index (χ0v) is 23.3. The fourth-order valence-electron chi connectivity index (χ4n) is 7.05. The van der Waals surface area contributed by atoms with E-state index in [9.17, 15) is 19.5 Å². The van der Waals surface area contributed by atoms with E-state index in [1.165, 1.54) is 13.3 Å². The molecule has 1 spiro atoms.